The molecule has 0 spiro atoms. The number of rotatable bonds is 4. The summed E-state index contributed by atoms with van der Waals surface area (Å²) in [7, 11) is 0. The lowest BCUT2D eigenvalue weighted by molar-refractivity contribution is 0.0659. The number of hydrogen-bond acceptors (Lipinski definition) is 3. The zero-order valence-electron chi connectivity index (χ0n) is 10.3. The van der Waals surface area contributed by atoms with Crippen LogP contribution in [0.1, 0.15) is 32.2 Å². The molecular formula is C14H13NO4. The van der Waals surface area contributed by atoms with Crippen LogP contribution in [0.5, 0.6) is 0 Å². The van der Waals surface area contributed by atoms with E-state index < -0.39 is 11.9 Å². The molecule has 0 atom stereocenters. The van der Waals surface area contributed by atoms with Gasteiger partial charge in [0.1, 0.15) is 0 Å². The Balaban J connectivity index is 2.01. The third-order valence-corrected chi connectivity index (χ3v) is 2.74. The number of amides is 1. The Kier molecular flexibility index (Phi) is 3.66. The molecule has 0 aliphatic rings. The van der Waals surface area contributed by atoms with Crippen LogP contribution in [0.2, 0.25) is 0 Å². The third-order valence-electron chi connectivity index (χ3n) is 2.74. The van der Waals surface area contributed by atoms with Crippen molar-refractivity contribution in [3.05, 3.63) is 59.0 Å². The molecule has 1 aromatic carbocycles. The highest BCUT2D eigenvalue weighted by molar-refractivity contribution is 5.93. The number of carboxylic acids is 1. The molecule has 1 amide bonds. The van der Waals surface area contributed by atoms with Crippen molar-refractivity contribution in [3.8, 4) is 0 Å². The molecule has 5 heteroatoms. The molecule has 1 aromatic heterocycles. The van der Waals surface area contributed by atoms with Gasteiger partial charge in [-0.1, -0.05) is 24.3 Å². The monoisotopic (exact) mass is 259 g/mol. The lowest BCUT2D eigenvalue weighted by Gasteiger charge is -2.06. The zero-order chi connectivity index (χ0) is 13.8. The summed E-state index contributed by atoms with van der Waals surface area (Å²) >= 11 is 0. The average molecular weight is 259 g/mol. The minimum atomic E-state index is -1.20. The van der Waals surface area contributed by atoms with Gasteiger partial charge in [0, 0.05) is 6.54 Å². The number of hydrogen-bond donors (Lipinski definition) is 2. The molecule has 0 saturated heterocycles. The molecule has 19 heavy (non-hydrogen) atoms. The maximum Gasteiger partial charge on any atom is 0.371 e. The van der Waals surface area contributed by atoms with E-state index in [4.69, 9.17) is 9.52 Å². The van der Waals surface area contributed by atoms with E-state index in [1.807, 2.05) is 31.2 Å². The fraction of sp³-hybridized carbons (Fsp3) is 0.143. The summed E-state index contributed by atoms with van der Waals surface area (Å²) in [6.45, 7) is 2.32. The first-order valence-electron chi connectivity index (χ1n) is 5.74. The van der Waals surface area contributed by atoms with Crippen molar-refractivity contribution in [1.82, 2.24) is 5.32 Å². The Hall–Kier alpha value is -2.56. The highest BCUT2D eigenvalue weighted by Crippen LogP contribution is 2.09. The summed E-state index contributed by atoms with van der Waals surface area (Å²) in [5.74, 6) is -1.89. The second-order valence-corrected chi connectivity index (χ2v) is 4.08. The molecule has 2 rings (SSSR count). The van der Waals surface area contributed by atoms with Gasteiger partial charge in [0.15, 0.2) is 5.76 Å². The summed E-state index contributed by atoms with van der Waals surface area (Å²) in [6.07, 6.45) is 0. The molecule has 1 heterocycles. The molecule has 2 N–H and O–H groups in total. The third kappa shape index (κ3) is 3.01. The Morgan fingerprint density at radius 2 is 1.84 bits per heavy atom. The van der Waals surface area contributed by atoms with Crippen molar-refractivity contribution in [3.63, 3.8) is 0 Å². The maximum absolute atomic E-state index is 11.8. The van der Waals surface area contributed by atoms with E-state index in [0.717, 1.165) is 11.1 Å². The van der Waals surface area contributed by atoms with E-state index in [2.05, 4.69) is 5.32 Å². The van der Waals surface area contributed by atoms with E-state index in [0.29, 0.717) is 6.54 Å². The normalized spacial score (nSPS) is 10.2. The highest BCUT2D eigenvalue weighted by atomic mass is 16.4. The van der Waals surface area contributed by atoms with Crippen molar-refractivity contribution < 1.29 is 19.1 Å². The van der Waals surface area contributed by atoms with Crippen LogP contribution in [0, 0.1) is 6.92 Å². The predicted molar refractivity (Wildman–Crippen MR) is 68.0 cm³/mol. The number of nitrogens with one attached hydrogen (secondary N) is 1. The molecule has 0 bridgehead atoms. The molecule has 0 aliphatic carbocycles. The van der Waals surface area contributed by atoms with E-state index in [1.54, 1.807) is 0 Å². The molecule has 98 valence electrons. The van der Waals surface area contributed by atoms with Gasteiger partial charge in [-0.15, -0.1) is 0 Å². The van der Waals surface area contributed by atoms with Gasteiger partial charge in [-0.05, 0) is 30.2 Å². The number of carboxylic acid groups (broad SMARTS) is 1. The second-order valence-electron chi connectivity index (χ2n) is 4.08. The first kappa shape index (κ1) is 12.9. The van der Waals surface area contributed by atoms with Gasteiger partial charge in [0.25, 0.3) is 5.91 Å². The van der Waals surface area contributed by atoms with Crippen molar-refractivity contribution >= 4 is 11.9 Å². The van der Waals surface area contributed by atoms with Crippen molar-refractivity contribution in [2.75, 3.05) is 0 Å². The molecule has 0 unspecified atom stereocenters. The van der Waals surface area contributed by atoms with E-state index in [9.17, 15) is 9.59 Å². The van der Waals surface area contributed by atoms with Crippen LogP contribution in [0.4, 0.5) is 0 Å². The van der Waals surface area contributed by atoms with Crippen LogP contribution in [0.25, 0.3) is 0 Å². The van der Waals surface area contributed by atoms with Crippen LogP contribution in [0.3, 0.4) is 0 Å². The Labute approximate surface area is 109 Å². The number of carbonyl (C=O) groups is 2. The number of aryl methyl sites for hydroxylation is 1. The smallest absolute Gasteiger partial charge is 0.371 e. The fourth-order valence-electron chi connectivity index (χ4n) is 1.65. The standard InChI is InChI=1S/C14H13NO4/c1-9-4-2-3-5-10(9)8-15-13(16)11-6-7-12(19-11)14(17)18/h2-7H,8H2,1H3,(H,15,16)(H,17,18). The topological polar surface area (TPSA) is 79.5 Å². The van der Waals surface area contributed by atoms with E-state index >= 15 is 0 Å². The summed E-state index contributed by atoms with van der Waals surface area (Å²) in [4.78, 5) is 22.4. The maximum atomic E-state index is 11.8. The first-order chi connectivity index (χ1) is 9.08. The lowest BCUT2D eigenvalue weighted by atomic mass is 10.1. The SMILES string of the molecule is Cc1ccccc1CNC(=O)c1ccc(C(=O)O)o1. The van der Waals surface area contributed by atoms with Gasteiger partial charge in [-0.2, -0.15) is 0 Å². The van der Waals surface area contributed by atoms with Crippen molar-refractivity contribution in [1.29, 1.82) is 0 Å². The van der Waals surface area contributed by atoms with Gasteiger partial charge >= 0.3 is 5.97 Å². The van der Waals surface area contributed by atoms with Crippen LogP contribution in [-0.4, -0.2) is 17.0 Å². The van der Waals surface area contributed by atoms with Gasteiger partial charge < -0.3 is 14.8 Å². The molecule has 0 radical (unpaired) electrons. The lowest BCUT2D eigenvalue weighted by Crippen LogP contribution is -2.22. The summed E-state index contributed by atoms with van der Waals surface area (Å²) < 4.78 is 4.91. The number of furan rings is 1. The number of aromatic carboxylic acids is 1. The van der Waals surface area contributed by atoms with Gasteiger partial charge in [0.2, 0.25) is 5.76 Å². The molecule has 2 aromatic rings. The zero-order valence-corrected chi connectivity index (χ0v) is 10.3. The molecule has 5 nitrogen and oxygen atoms in total. The molecule has 0 aliphatic heterocycles. The van der Waals surface area contributed by atoms with Gasteiger partial charge in [-0.3, -0.25) is 4.79 Å². The van der Waals surface area contributed by atoms with Crippen LogP contribution < -0.4 is 5.32 Å². The minimum absolute atomic E-state index is 0.00835. The number of carbonyl (C=O) groups excluding carboxylic acids is 1. The Morgan fingerprint density at radius 1 is 1.16 bits per heavy atom. The van der Waals surface area contributed by atoms with Crippen molar-refractivity contribution in [2.45, 2.75) is 13.5 Å². The summed E-state index contributed by atoms with van der Waals surface area (Å²) in [5.41, 5.74) is 2.08. The summed E-state index contributed by atoms with van der Waals surface area (Å²) in [6, 6.07) is 10.3. The second kappa shape index (κ2) is 5.39. The fourth-order valence-corrected chi connectivity index (χ4v) is 1.65. The van der Waals surface area contributed by atoms with Crippen LogP contribution >= 0.6 is 0 Å². The van der Waals surface area contributed by atoms with Crippen LogP contribution in [-0.2, 0) is 6.54 Å². The Bertz CT molecular complexity index is 615. The van der Waals surface area contributed by atoms with Crippen LogP contribution in [0.15, 0.2) is 40.8 Å². The summed E-state index contributed by atoms with van der Waals surface area (Å²) in [5, 5.41) is 11.4. The van der Waals surface area contributed by atoms with E-state index in [1.165, 1.54) is 12.1 Å². The average Bonchev–Trinajstić information content (AvgIpc) is 2.87. The molecular weight excluding hydrogens is 246 g/mol. The largest absolute Gasteiger partial charge is 0.475 e. The number of benzene rings is 1. The Morgan fingerprint density at radius 3 is 2.47 bits per heavy atom. The van der Waals surface area contributed by atoms with E-state index in [-0.39, 0.29) is 11.5 Å². The van der Waals surface area contributed by atoms with Gasteiger partial charge in [-0.25, -0.2) is 4.79 Å². The predicted octanol–water partition coefficient (Wildman–Crippen LogP) is 2.22. The minimum Gasteiger partial charge on any atom is -0.475 e. The molecule has 0 saturated carbocycles. The molecule has 0 fully saturated rings. The van der Waals surface area contributed by atoms with Gasteiger partial charge in [0.05, 0.1) is 0 Å². The first-order valence-corrected chi connectivity index (χ1v) is 5.74. The quantitative estimate of drug-likeness (QED) is 0.882. The highest BCUT2D eigenvalue weighted by Gasteiger charge is 2.14. The van der Waals surface area contributed by atoms with Crippen molar-refractivity contribution in [2.24, 2.45) is 0 Å².